The van der Waals surface area contributed by atoms with Crippen LogP contribution in [0, 0.1) is 5.82 Å². The fraction of sp³-hybridized carbons (Fsp3) is 0.278. The van der Waals surface area contributed by atoms with Gasteiger partial charge in [-0.2, -0.15) is 0 Å². The molecule has 1 unspecified atom stereocenters. The first-order valence-electron chi connectivity index (χ1n) is 8.13. The Labute approximate surface area is 149 Å². The molecule has 0 amide bonds. The van der Waals surface area contributed by atoms with Gasteiger partial charge in [-0.05, 0) is 37.1 Å². The number of benzene rings is 1. The van der Waals surface area contributed by atoms with E-state index in [9.17, 15) is 4.39 Å². The lowest BCUT2D eigenvalue weighted by molar-refractivity contribution is 0.120. The van der Waals surface area contributed by atoms with Crippen molar-refractivity contribution in [3.63, 3.8) is 0 Å². The topological polar surface area (TPSA) is 59.9 Å². The normalized spacial score (nSPS) is 17.1. The van der Waals surface area contributed by atoms with E-state index >= 15 is 0 Å². The van der Waals surface area contributed by atoms with Crippen LogP contribution in [0.2, 0.25) is 5.02 Å². The van der Waals surface area contributed by atoms with Crippen molar-refractivity contribution in [2.75, 3.05) is 18.5 Å². The quantitative estimate of drug-likeness (QED) is 0.761. The van der Waals surface area contributed by atoms with Crippen molar-refractivity contribution >= 4 is 28.2 Å². The Bertz CT molecular complexity index is 915. The molecule has 5 nitrogen and oxygen atoms in total. The summed E-state index contributed by atoms with van der Waals surface area (Å²) in [4.78, 5) is 4.17. The van der Waals surface area contributed by atoms with Gasteiger partial charge in [-0.3, -0.25) is 4.98 Å². The van der Waals surface area contributed by atoms with Crippen LogP contribution in [0.25, 0.3) is 22.0 Å². The van der Waals surface area contributed by atoms with Crippen LogP contribution in [0.4, 0.5) is 10.2 Å². The van der Waals surface area contributed by atoms with Crippen LogP contribution in [-0.4, -0.2) is 34.4 Å². The molecule has 7 heteroatoms. The molecule has 0 saturated carbocycles. The number of nitrogens with one attached hydrogen (secondary N) is 1. The van der Waals surface area contributed by atoms with Gasteiger partial charge < -0.3 is 10.1 Å². The lowest BCUT2D eigenvalue weighted by Crippen LogP contribution is -2.19. The lowest BCUT2D eigenvalue weighted by atomic mass is 10.1. The molecular formula is C18H16ClFN4O. The second-order valence-corrected chi connectivity index (χ2v) is 6.40. The zero-order valence-corrected chi connectivity index (χ0v) is 14.1. The molecule has 1 fully saturated rings. The Morgan fingerprint density at radius 1 is 1.24 bits per heavy atom. The van der Waals surface area contributed by atoms with Crippen molar-refractivity contribution in [3.05, 3.63) is 47.5 Å². The summed E-state index contributed by atoms with van der Waals surface area (Å²) in [6, 6.07) is 6.33. The van der Waals surface area contributed by atoms with Gasteiger partial charge in [0.2, 0.25) is 0 Å². The highest BCUT2D eigenvalue weighted by Gasteiger charge is 2.18. The fourth-order valence-corrected chi connectivity index (χ4v) is 3.18. The largest absolute Gasteiger partial charge is 0.376 e. The fourth-order valence-electron chi connectivity index (χ4n) is 3.02. The highest BCUT2D eigenvalue weighted by atomic mass is 35.5. The third kappa shape index (κ3) is 3.27. The molecule has 1 atom stereocenters. The minimum Gasteiger partial charge on any atom is -0.376 e. The van der Waals surface area contributed by atoms with Gasteiger partial charge in [0.25, 0.3) is 0 Å². The molecule has 1 aromatic carbocycles. The first-order valence-corrected chi connectivity index (χ1v) is 8.51. The van der Waals surface area contributed by atoms with Gasteiger partial charge in [0, 0.05) is 46.9 Å². The van der Waals surface area contributed by atoms with Crippen molar-refractivity contribution in [3.8, 4) is 11.3 Å². The smallest absolute Gasteiger partial charge is 0.158 e. The zero-order chi connectivity index (χ0) is 17.2. The maximum absolute atomic E-state index is 14.3. The van der Waals surface area contributed by atoms with Gasteiger partial charge >= 0.3 is 0 Å². The molecule has 0 spiro atoms. The van der Waals surface area contributed by atoms with Crippen molar-refractivity contribution in [2.45, 2.75) is 18.9 Å². The van der Waals surface area contributed by atoms with Crippen LogP contribution in [0.5, 0.6) is 0 Å². The number of fused-ring (bicyclic) bond motifs is 1. The molecule has 1 aliphatic rings. The summed E-state index contributed by atoms with van der Waals surface area (Å²) in [5, 5.41) is 13.7. The summed E-state index contributed by atoms with van der Waals surface area (Å²) in [7, 11) is 0. The second-order valence-electron chi connectivity index (χ2n) is 5.96. The summed E-state index contributed by atoms with van der Waals surface area (Å²) in [5.41, 5.74) is 0.827. The van der Waals surface area contributed by atoms with Crippen LogP contribution in [0.3, 0.4) is 0 Å². The monoisotopic (exact) mass is 358 g/mol. The third-order valence-electron chi connectivity index (χ3n) is 4.29. The predicted octanol–water partition coefficient (Wildman–Crippen LogP) is 4.08. The molecule has 0 bridgehead atoms. The van der Waals surface area contributed by atoms with E-state index < -0.39 is 5.82 Å². The molecule has 1 N–H and O–H groups in total. The molecule has 0 radical (unpaired) electrons. The summed E-state index contributed by atoms with van der Waals surface area (Å²) >= 11 is 5.84. The Hall–Kier alpha value is -2.31. The van der Waals surface area contributed by atoms with Gasteiger partial charge in [0.15, 0.2) is 5.82 Å². The Kier molecular flexibility index (Phi) is 4.46. The van der Waals surface area contributed by atoms with Gasteiger partial charge in [0.05, 0.1) is 6.10 Å². The number of nitrogens with zero attached hydrogens (tertiary/aromatic N) is 3. The van der Waals surface area contributed by atoms with Crippen molar-refractivity contribution in [1.29, 1.82) is 0 Å². The predicted molar refractivity (Wildman–Crippen MR) is 95.2 cm³/mol. The average molecular weight is 359 g/mol. The van der Waals surface area contributed by atoms with Crippen LogP contribution in [0.15, 0.2) is 36.7 Å². The van der Waals surface area contributed by atoms with Crippen molar-refractivity contribution < 1.29 is 9.13 Å². The van der Waals surface area contributed by atoms with Gasteiger partial charge in [0.1, 0.15) is 11.5 Å². The minimum atomic E-state index is -0.431. The van der Waals surface area contributed by atoms with Gasteiger partial charge in [-0.15, -0.1) is 10.2 Å². The van der Waals surface area contributed by atoms with E-state index in [0.717, 1.165) is 30.2 Å². The first kappa shape index (κ1) is 16.2. The van der Waals surface area contributed by atoms with Gasteiger partial charge in [-0.25, -0.2) is 4.39 Å². The number of hydrogen-bond acceptors (Lipinski definition) is 5. The molecule has 0 aliphatic carbocycles. The summed E-state index contributed by atoms with van der Waals surface area (Å²) in [6.45, 7) is 1.46. The molecule has 1 aliphatic heterocycles. The van der Waals surface area contributed by atoms with E-state index in [2.05, 4.69) is 20.5 Å². The molecule has 3 aromatic rings. The van der Waals surface area contributed by atoms with Crippen molar-refractivity contribution in [1.82, 2.24) is 15.2 Å². The summed E-state index contributed by atoms with van der Waals surface area (Å²) in [5.74, 6) is 0.191. The lowest BCUT2D eigenvalue weighted by Gasteiger charge is -2.14. The van der Waals surface area contributed by atoms with E-state index in [-0.39, 0.29) is 6.10 Å². The number of rotatable bonds is 4. The number of hydrogen-bond donors (Lipinski definition) is 1. The number of halogens is 2. The number of pyridine rings is 1. The highest BCUT2D eigenvalue weighted by molar-refractivity contribution is 6.30. The summed E-state index contributed by atoms with van der Waals surface area (Å²) in [6.07, 6.45) is 5.66. The average Bonchev–Trinajstić information content (AvgIpc) is 3.14. The van der Waals surface area contributed by atoms with E-state index in [1.54, 1.807) is 24.5 Å². The van der Waals surface area contributed by atoms with Gasteiger partial charge in [-0.1, -0.05) is 11.6 Å². The maximum atomic E-state index is 14.3. The molecule has 4 rings (SSSR count). The highest BCUT2D eigenvalue weighted by Crippen LogP contribution is 2.31. The maximum Gasteiger partial charge on any atom is 0.158 e. The van der Waals surface area contributed by atoms with E-state index in [0.29, 0.717) is 28.6 Å². The minimum absolute atomic E-state index is 0.182. The van der Waals surface area contributed by atoms with E-state index in [1.165, 1.54) is 6.07 Å². The molecule has 25 heavy (non-hydrogen) atoms. The standard InChI is InChI=1S/C18H16ClFN4O/c19-11-3-4-14(16(20)8-11)17-13-5-6-21-10-15(13)18(24-23-17)22-9-12-2-1-7-25-12/h3-6,8,10,12H,1-2,7,9H2,(H,22,24). The molecule has 128 valence electrons. The third-order valence-corrected chi connectivity index (χ3v) is 4.52. The summed E-state index contributed by atoms with van der Waals surface area (Å²) < 4.78 is 19.9. The second kappa shape index (κ2) is 6.90. The Balaban J connectivity index is 1.73. The number of aromatic nitrogens is 3. The van der Waals surface area contributed by atoms with Crippen LogP contribution in [0.1, 0.15) is 12.8 Å². The molecule has 1 saturated heterocycles. The van der Waals surface area contributed by atoms with E-state index in [1.807, 2.05) is 6.07 Å². The number of anilines is 1. The molecular weight excluding hydrogens is 343 g/mol. The Morgan fingerprint density at radius 3 is 2.96 bits per heavy atom. The van der Waals surface area contributed by atoms with Crippen LogP contribution >= 0.6 is 11.6 Å². The van der Waals surface area contributed by atoms with E-state index in [4.69, 9.17) is 16.3 Å². The Morgan fingerprint density at radius 2 is 2.16 bits per heavy atom. The van der Waals surface area contributed by atoms with Crippen molar-refractivity contribution in [2.24, 2.45) is 0 Å². The zero-order valence-electron chi connectivity index (χ0n) is 13.4. The van der Waals surface area contributed by atoms with Crippen LogP contribution < -0.4 is 5.32 Å². The SMILES string of the molecule is Fc1cc(Cl)ccc1-c1nnc(NCC2CCCO2)c2cnccc12. The van der Waals surface area contributed by atoms with Crippen LogP contribution in [-0.2, 0) is 4.74 Å². The molecule has 2 aromatic heterocycles. The number of ether oxygens (including phenoxy) is 1. The first-order chi connectivity index (χ1) is 12.2. The molecule has 3 heterocycles.